The predicted octanol–water partition coefficient (Wildman–Crippen LogP) is 0.680. The molecule has 0 spiro atoms. The topological polar surface area (TPSA) is 27.1 Å². The molecule has 0 saturated carbocycles. The van der Waals surface area contributed by atoms with Crippen molar-refractivity contribution in [3.63, 3.8) is 0 Å². The van der Waals surface area contributed by atoms with Crippen LogP contribution in [0.1, 0.15) is 6.92 Å². The Kier molecular flexibility index (Phi) is 1.81. The minimum Gasteiger partial charge on any atom is -0.309 e. The highest BCUT2D eigenvalue weighted by atomic mass is 19.1. The Bertz CT molecular complexity index is 118. The van der Waals surface area contributed by atoms with E-state index in [0.29, 0.717) is 25.3 Å². The van der Waals surface area contributed by atoms with Crippen LogP contribution < -0.4 is 0 Å². The van der Waals surface area contributed by atoms with Crippen molar-refractivity contribution < 1.29 is 4.39 Å². The first-order valence-corrected chi connectivity index (χ1v) is 3.09. The van der Waals surface area contributed by atoms with Crippen LogP contribution in [0.4, 0.5) is 4.39 Å². The highest BCUT2D eigenvalue weighted by molar-refractivity contribution is 5.80. The van der Waals surface area contributed by atoms with Crippen LogP contribution in [0.25, 0.3) is 0 Å². The van der Waals surface area contributed by atoms with E-state index < -0.39 is 6.17 Å². The summed E-state index contributed by atoms with van der Waals surface area (Å²) >= 11 is 0. The molecular formula is C6H11FN2. The maximum absolute atomic E-state index is 12.1. The number of rotatable bonds is 2. The molecule has 0 aliphatic carbocycles. The van der Waals surface area contributed by atoms with Gasteiger partial charge in [-0.15, -0.1) is 0 Å². The molecule has 1 N–H and O–H groups in total. The molecule has 1 fully saturated rings. The third-order valence-corrected chi connectivity index (χ3v) is 1.37. The van der Waals surface area contributed by atoms with Crippen LogP contribution in [0.2, 0.25) is 0 Å². The monoisotopic (exact) mass is 130 g/mol. The Morgan fingerprint density at radius 3 is 2.67 bits per heavy atom. The van der Waals surface area contributed by atoms with Crippen molar-refractivity contribution in [1.29, 1.82) is 5.41 Å². The van der Waals surface area contributed by atoms with Gasteiger partial charge in [-0.05, 0) is 6.92 Å². The summed E-state index contributed by atoms with van der Waals surface area (Å²) in [5.74, 6) is 0. The van der Waals surface area contributed by atoms with Crippen LogP contribution in [0.3, 0.4) is 0 Å². The fourth-order valence-electron chi connectivity index (χ4n) is 0.971. The highest BCUT2D eigenvalue weighted by Gasteiger charge is 2.25. The van der Waals surface area contributed by atoms with Gasteiger partial charge in [0.2, 0.25) is 0 Å². The van der Waals surface area contributed by atoms with Gasteiger partial charge in [0.15, 0.2) is 0 Å². The largest absolute Gasteiger partial charge is 0.309 e. The van der Waals surface area contributed by atoms with Crippen molar-refractivity contribution in [1.82, 2.24) is 4.90 Å². The molecule has 0 radical (unpaired) electrons. The average Bonchev–Trinajstić information content (AvgIpc) is 1.60. The van der Waals surface area contributed by atoms with E-state index in [1.54, 1.807) is 6.92 Å². The lowest BCUT2D eigenvalue weighted by molar-refractivity contribution is 0.0807. The second kappa shape index (κ2) is 2.43. The number of halogens is 1. The molecule has 9 heavy (non-hydrogen) atoms. The molecule has 0 unspecified atom stereocenters. The van der Waals surface area contributed by atoms with Crippen LogP contribution in [0, 0.1) is 5.41 Å². The Hall–Kier alpha value is -0.440. The highest BCUT2D eigenvalue weighted by Crippen LogP contribution is 2.09. The van der Waals surface area contributed by atoms with Crippen molar-refractivity contribution in [2.24, 2.45) is 0 Å². The van der Waals surface area contributed by atoms with Gasteiger partial charge < -0.3 is 5.41 Å². The van der Waals surface area contributed by atoms with Crippen LogP contribution >= 0.6 is 0 Å². The Labute approximate surface area is 54.2 Å². The molecular weight excluding hydrogens is 119 g/mol. The third kappa shape index (κ3) is 1.75. The first kappa shape index (κ1) is 6.68. The molecule has 3 heteroatoms. The summed E-state index contributed by atoms with van der Waals surface area (Å²) in [6, 6.07) is 0. The molecule has 52 valence electrons. The number of hydrogen-bond donors (Lipinski definition) is 1. The second-order valence-electron chi connectivity index (χ2n) is 2.57. The number of hydrogen-bond acceptors (Lipinski definition) is 2. The molecule has 2 nitrogen and oxygen atoms in total. The summed E-state index contributed by atoms with van der Waals surface area (Å²) in [5, 5.41) is 7.06. The molecule has 0 amide bonds. The number of nitrogens with one attached hydrogen (secondary N) is 1. The average molecular weight is 130 g/mol. The SMILES string of the molecule is CC(=N)CN1CC(F)C1. The third-order valence-electron chi connectivity index (χ3n) is 1.37. The lowest BCUT2D eigenvalue weighted by Gasteiger charge is -2.33. The summed E-state index contributed by atoms with van der Waals surface area (Å²) in [7, 11) is 0. The van der Waals surface area contributed by atoms with Gasteiger partial charge in [-0.25, -0.2) is 4.39 Å². The zero-order valence-electron chi connectivity index (χ0n) is 5.52. The van der Waals surface area contributed by atoms with E-state index in [1.807, 2.05) is 4.90 Å². The van der Waals surface area contributed by atoms with Crippen LogP contribution in [0.15, 0.2) is 0 Å². The van der Waals surface area contributed by atoms with Crippen molar-refractivity contribution in [3.05, 3.63) is 0 Å². The first-order valence-electron chi connectivity index (χ1n) is 3.09. The molecule has 0 aromatic heterocycles. The maximum atomic E-state index is 12.1. The van der Waals surface area contributed by atoms with Gasteiger partial charge in [-0.3, -0.25) is 4.90 Å². The fraction of sp³-hybridized carbons (Fsp3) is 0.833. The van der Waals surface area contributed by atoms with Gasteiger partial charge >= 0.3 is 0 Å². The van der Waals surface area contributed by atoms with Crippen molar-refractivity contribution in [2.75, 3.05) is 19.6 Å². The van der Waals surface area contributed by atoms with Gasteiger partial charge in [0.1, 0.15) is 6.17 Å². The maximum Gasteiger partial charge on any atom is 0.125 e. The number of alkyl halides is 1. The van der Waals surface area contributed by atoms with Gasteiger partial charge in [0.05, 0.1) is 0 Å². The summed E-state index contributed by atoms with van der Waals surface area (Å²) in [6.45, 7) is 3.43. The smallest absolute Gasteiger partial charge is 0.125 e. The minimum absolute atomic E-state index is 0.524. The van der Waals surface area contributed by atoms with E-state index in [-0.39, 0.29) is 0 Å². The zero-order chi connectivity index (χ0) is 6.85. The van der Waals surface area contributed by atoms with Gasteiger partial charge in [0.25, 0.3) is 0 Å². The lowest BCUT2D eigenvalue weighted by Crippen LogP contribution is -2.49. The quantitative estimate of drug-likeness (QED) is 0.547. The van der Waals surface area contributed by atoms with E-state index in [4.69, 9.17) is 5.41 Å². The van der Waals surface area contributed by atoms with Crippen LogP contribution in [-0.4, -0.2) is 36.4 Å². The zero-order valence-corrected chi connectivity index (χ0v) is 5.52. The molecule has 0 bridgehead atoms. The molecule has 0 atom stereocenters. The lowest BCUT2D eigenvalue weighted by atomic mass is 10.2. The van der Waals surface area contributed by atoms with Crippen molar-refractivity contribution in [3.8, 4) is 0 Å². The van der Waals surface area contributed by atoms with E-state index in [0.717, 1.165) is 0 Å². The Morgan fingerprint density at radius 1 is 1.78 bits per heavy atom. The summed E-state index contributed by atoms with van der Waals surface area (Å²) in [4.78, 5) is 1.92. The number of nitrogens with zero attached hydrogens (tertiary/aromatic N) is 1. The summed E-state index contributed by atoms with van der Waals surface area (Å²) in [5.41, 5.74) is 0.613. The standard InChI is InChI=1S/C6H11FN2/c1-5(8)2-9-3-6(7)4-9/h6,8H,2-4H2,1H3. The van der Waals surface area contributed by atoms with Gasteiger partial charge in [-0.1, -0.05) is 0 Å². The van der Waals surface area contributed by atoms with E-state index in [2.05, 4.69) is 0 Å². The number of likely N-dealkylation sites (tertiary alicyclic amines) is 1. The molecule has 1 saturated heterocycles. The van der Waals surface area contributed by atoms with E-state index in [1.165, 1.54) is 0 Å². The molecule has 0 aromatic carbocycles. The normalized spacial score (nSPS) is 21.6. The summed E-state index contributed by atoms with van der Waals surface area (Å²) in [6.07, 6.45) is -0.635. The van der Waals surface area contributed by atoms with Crippen molar-refractivity contribution in [2.45, 2.75) is 13.1 Å². The first-order chi connectivity index (χ1) is 4.18. The molecule has 1 aliphatic rings. The van der Waals surface area contributed by atoms with E-state index in [9.17, 15) is 4.39 Å². The molecule has 1 rings (SSSR count). The predicted molar refractivity (Wildman–Crippen MR) is 34.7 cm³/mol. The van der Waals surface area contributed by atoms with Crippen molar-refractivity contribution >= 4 is 5.71 Å². The molecule has 0 aromatic rings. The van der Waals surface area contributed by atoms with E-state index >= 15 is 0 Å². The fourth-order valence-corrected chi connectivity index (χ4v) is 0.971. The minimum atomic E-state index is -0.635. The van der Waals surface area contributed by atoms with Gasteiger partial charge in [0, 0.05) is 25.3 Å². The molecule has 1 heterocycles. The summed E-state index contributed by atoms with van der Waals surface area (Å²) < 4.78 is 12.1. The van der Waals surface area contributed by atoms with Crippen LogP contribution in [0.5, 0.6) is 0 Å². The second-order valence-corrected chi connectivity index (χ2v) is 2.57. The Morgan fingerprint density at radius 2 is 2.33 bits per heavy atom. The Balaban J connectivity index is 2.11. The molecule has 1 aliphatic heterocycles. The van der Waals surface area contributed by atoms with Crippen LogP contribution in [-0.2, 0) is 0 Å². The van der Waals surface area contributed by atoms with Gasteiger partial charge in [-0.2, -0.15) is 0 Å².